The second kappa shape index (κ2) is 6.91. The fraction of sp³-hybridized carbons (Fsp3) is 0.174. The van der Waals surface area contributed by atoms with E-state index in [1.165, 1.54) is 10.6 Å². The van der Waals surface area contributed by atoms with E-state index in [0.29, 0.717) is 27.5 Å². The molecule has 6 heteroatoms. The van der Waals surface area contributed by atoms with Gasteiger partial charge in [0.15, 0.2) is 0 Å². The first-order valence-electron chi connectivity index (χ1n) is 9.21. The summed E-state index contributed by atoms with van der Waals surface area (Å²) in [5.74, 6) is 0. The van der Waals surface area contributed by atoms with Gasteiger partial charge in [0.25, 0.3) is 5.56 Å². The topological polar surface area (TPSA) is 74.0 Å². The fourth-order valence-corrected chi connectivity index (χ4v) is 3.54. The van der Waals surface area contributed by atoms with Crippen LogP contribution in [0.4, 0.5) is 0 Å². The highest BCUT2D eigenvalue weighted by atomic mass is 35.5. The number of hydrogen-bond donors (Lipinski definition) is 1. The minimum atomic E-state index is -0.286. The van der Waals surface area contributed by atoms with Crippen LogP contribution in [0.25, 0.3) is 28.0 Å². The first-order valence-corrected chi connectivity index (χ1v) is 9.59. The normalized spacial score (nSPS) is 11.6. The Kier molecular flexibility index (Phi) is 4.52. The van der Waals surface area contributed by atoms with Crippen LogP contribution < -0.4 is 5.56 Å². The molecule has 0 amide bonds. The van der Waals surface area contributed by atoms with Crippen molar-refractivity contribution in [3.8, 4) is 28.5 Å². The molecule has 0 fully saturated rings. The van der Waals surface area contributed by atoms with Crippen LogP contribution in [0.5, 0.6) is 0 Å². The minimum Gasteiger partial charge on any atom is -0.339 e. The molecule has 0 aliphatic rings. The van der Waals surface area contributed by atoms with Crippen molar-refractivity contribution in [2.24, 2.45) is 0 Å². The molecule has 5 nitrogen and oxygen atoms in total. The Labute approximate surface area is 173 Å². The predicted molar refractivity (Wildman–Crippen MR) is 115 cm³/mol. The van der Waals surface area contributed by atoms with Crippen LogP contribution in [0.2, 0.25) is 5.02 Å². The Morgan fingerprint density at radius 1 is 1.10 bits per heavy atom. The van der Waals surface area contributed by atoms with E-state index in [1.807, 2.05) is 36.4 Å². The van der Waals surface area contributed by atoms with E-state index in [4.69, 9.17) is 11.6 Å². The highest BCUT2D eigenvalue weighted by Gasteiger charge is 2.26. The number of rotatable bonds is 2. The van der Waals surface area contributed by atoms with Crippen molar-refractivity contribution in [1.29, 1.82) is 5.26 Å². The quantitative estimate of drug-likeness (QED) is 0.502. The molecule has 0 saturated carbocycles. The van der Waals surface area contributed by atoms with Gasteiger partial charge in [-0.25, -0.2) is 0 Å². The lowest BCUT2D eigenvalue weighted by molar-refractivity contribution is 0.563. The van der Waals surface area contributed by atoms with Crippen LogP contribution >= 0.6 is 11.6 Å². The van der Waals surface area contributed by atoms with Gasteiger partial charge in [-0.15, -0.1) is 0 Å². The van der Waals surface area contributed by atoms with E-state index >= 15 is 0 Å². The summed E-state index contributed by atoms with van der Waals surface area (Å²) in [6, 6.07) is 18.3. The summed E-state index contributed by atoms with van der Waals surface area (Å²) < 4.78 is 1.39. The van der Waals surface area contributed by atoms with Gasteiger partial charge in [-0.2, -0.15) is 14.9 Å². The summed E-state index contributed by atoms with van der Waals surface area (Å²) in [7, 11) is 0. The Hall–Kier alpha value is -3.36. The zero-order chi connectivity index (χ0) is 20.8. The molecule has 0 radical (unpaired) electrons. The third-order valence-electron chi connectivity index (χ3n) is 4.80. The van der Waals surface area contributed by atoms with Crippen LogP contribution in [0.15, 0.2) is 59.4 Å². The average molecular weight is 403 g/mol. The number of nitriles is 1. The largest absolute Gasteiger partial charge is 0.339 e. The smallest absolute Gasteiger partial charge is 0.274 e. The van der Waals surface area contributed by atoms with E-state index < -0.39 is 0 Å². The Balaban J connectivity index is 2.09. The van der Waals surface area contributed by atoms with Gasteiger partial charge in [0, 0.05) is 27.6 Å². The van der Waals surface area contributed by atoms with E-state index in [-0.39, 0.29) is 11.0 Å². The van der Waals surface area contributed by atoms with Crippen molar-refractivity contribution < 1.29 is 0 Å². The van der Waals surface area contributed by atoms with Crippen LogP contribution in [-0.4, -0.2) is 14.6 Å². The lowest BCUT2D eigenvalue weighted by atomic mass is 9.87. The maximum absolute atomic E-state index is 12.9. The second-order valence-electron chi connectivity index (χ2n) is 7.92. The molecule has 4 rings (SSSR count). The van der Waals surface area contributed by atoms with Gasteiger partial charge in [-0.05, 0) is 23.8 Å². The maximum atomic E-state index is 12.9. The SMILES string of the molecule is CC(C)(C)c1nn2c(=O)cc(-c3ccccc3C#N)[nH]c2c1-c1ccc(Cl)cc1. The number of H-pyrrole nitrogens is 1. The second-order valence-corrected chi connectivity index (χ2v) is 8.36. The molecule has 4 aromatic rings. The molecule has 0 aliphatic carbocycles. The lowest BCUT2D eigenvalue weighted by Gasteiger charge is -2.17. The summed E-state index contributed by atoms with van der Waals surface area (Å²) in [6.45, 7) is 6.18. The molecule has 1 N–H and O–H groups in total. The summed E-state index contributed by atoms with van der Waals surface area (Å²) >= 11 is 6.08. The van der Waals surface area contributed by atoms with Crippen LogP contribution in [0, 0.1) is 11.3 Å². The van der Waals surface area contributed by atoms with Crippen molar-refractivity contribution >= 4 is 17.2 Å². The Bertz CT molecular complexity index is 1320. The molecule has 0 unspecified atom stereocenters. The number of hydrogen-bond acceptors (Lipinski definition) is 3. The number of halogens is 1. The molecule has 2 heterocycles. The van der Waals surface area contributed by atoms with E-state index in [1.54, 1.807) is 12.1 Å². The summed E-state index contributed by atoms with van der Waals surface area (Å²) in [4.78, 5) is 16.3. The Morgan fingerprint density at radius 3 is 2.45 bits per heavy atom. The zero-order valence-corrected chi connectivity index (χ0v) is 17.1. The molecule has 144 valence electrons. The van der Waals surface area contributed by atoms with Crippen molar-refractivity contribution in [1.82, 2.24) is 14.6 Å². The highest BCUT2D eigenvalue weighted by molar-refractivity contribution is 6.30. The Morgan fingerprint density at radius 2 is 1.79 bits per heavy atom. The van der Waals surface area contributed by atoms with Gasteiger partial charge >= 0.3 is 0 Å². The fourth-order valence-electron chi connectivity index (χ4n) is 3.42. The number of aromatic nitrogens is 3. The number of nitrogens with zero attached hydrogens (tertiary/aromatic N) is 3. The summed E-state index contributed by atoms with van der Waals surface area (Å²) in [6.07, 6.45) is 0. The molecule has 2 aromatic heterocycles. The van der Waals surface area contributed by atoms with Crippen LogP contribution in [0.1, 0.15) is 32.0 Å². The van der Waals surface area contributed by atoms with Gasteiger partial charge in [0.2, 0.25) is 0 Å². The number of aromatic amines is 1. The third-order valence-corrected chi connectivity index (χ3v) is 5.05. The first-order chi connectivity index (χ1) is 13.8. The van der Waals surface area contributed by atoms with Gasteiger partial charge in [0.1, 0.15) is 5.65 Å². The van der Waals surface area contributed by atoms with Crippen molar-refractivity contribution in [2.45, 2.75) is 26.2 Å². The molecule has 0 aliphatic heterocycles. The van der Waals surface area contributed by atoms with Gasteiger partial charge in [0.05, 0.1) is 23.0 Å². The molecule has 0 bridgehead atoms. The maximum Gasteiger partial charge on any atom is 0.274 e. The number of fused-ring (bicyclic) bond motifs is 1. The molecule has 0 atom stereocenters. The monoisotopic (exact) mass is 402 g/mol. The molecule has 2 aromatic carbocycles. The van der Waals surface area contributed by atoms with Gasteiger partial charge in [-0.3, -0.25) is 4.79 Å². The predicted octanol–water partition coefficient (Wildman–Crippen LogP) is 5.18. The number of nitrogens with one attached hydrogen (secondary N) is 1. The molecule has 0 saturated heterocycles. The van der Waals surface area contributed by atoms with Gasteiger partial charge < -0.3 is 4.98 Å². The molecule has 0 spiro atoms. The first kappa shape index (κ1) is 19.0. The molecular formula is C23H19ClN4O. The van der Waals surface area contributed by atoms with Crippen LogP contribution in [0.3, 0.4) is 0 Å². The minimum absolute atomic E-state index is 0.257. The highest BCUT2D eigenvalue weighted by Crippen LogP contribution is 2.35. The van der Waals surface area contributed by atoms with Crippen molar-refractivity contribution in [3.05, 3.63) is 81.2 Å². The summed E-state index contributed by atoms with van der Waals surface area (Å²) in [5, 5.41) is 14.7. The van der Waals surface area contributed by atoms with E-state index in [9.17, 15) is 10.1 Å². The number of benzene rings is 2. The standard InChI is InChI=1S/C23H19ClN4O/c1-23(2,3)21-20(14-8-10-16(24)11-9-14)22-26-18(12-19(29)28(22)27-21)17-7-5-4-6-15(17)13-25/h4-12,26H,1-3H3. The van der Waals surface area contributed by atoms with Crippen molar-refractivity contribution in [3.63, 3.8) is 0 Å². The van der Waals surface area contributed by atoms with E-state index in [2.05, 4.69) is 36.9 Å². The molecular weight excluding hydrogens is 384 g/mol. The summed E-state index contributed by atoms with van der Waals surface area (Å²) in [5.41, 5.74) is 4.37. The van der Waals surface area contributed by atoms with Crippen molar-refractivity contribution in [2.75, 3.05) is 0 Å². The third kappa shape index (κ3) is 3.32. The van der Waals surface area contributed by atoms with Crippen LogP contribution in [-0.2, 0) is 5.41 Å². The molecule has 29 heavy (non-hydrogen) atoms. The zero-order valence-electron chi connectivity index (χ0n) is 16.3. The van der Waals surface area contributed by atoms with Gasteiger partial charge in [-0.1, -0.05) is 62.7 Å². The lowest BCUT2D eigenvalue weighted by Crippen LogP contribution is -2.17. The average Bonchev–Trinajstić information content (AvgIpc) is 3.09. The van der Waals surface area contributed by atoms with E-state index in [0.717, 1.165) is 16.8 Å².